The Morgan fingerprint density at radius 1 is 1.71 bits per heavy atom. The molecule has 1 saturated heterocycles. The molecule has 2 rings (SSSR count). The number of rotatable bonds is 4. The molecule has 0 spiro atoms. The highest BCUT2D eigenvalue weighted by Gasteiger charge is 2.15. The summed E-state index contributed by atoms with van der Waals surface area (Å²) in [6.45, 7) is 3.31. The van der Waals surface area contributed by atoms with Gasteiger partial charge in [-0.3, -0.25) is 4.90 Å². The van der Waals surface area contributed by atoms with Crippen molar-refractivity contribution in [2.45, 2.75) is 25.4 Å². The van der Waals surface area contributed by atoms with E-state index in [0.29, 0.717) is 6.04 Å². The summed E-state index contributed by atoms with van der Waals surface area (Å²) in [7, 11) is 2.17. The zero-order valence-electron chi connectivity index (χ0n) is 8.57. The predicted octanol–water partition coefficient (Wildman–Crippen LogP) is 1.33. The first-order valence-electron chi connectivity index (χ1n) is 5.15. The van der Waals surface area contributed by atoms with Gasteiger partial charge < -0.3 is 5.32 Å². The van der Waals surface area contributed by atoms with E-state index in [-0.39, 0.29) is 0 Å². The largest absolute Gasteiger partial charge is 0.313 e. The smallest absolute Gasteiger partial charge is 0.107 e. The Hall–Kier alpha value is -0.450. The Bertz CT molecular complexity index is 254. The molecule has 3 nitrogen and oxygen atoms in total. The van der Waals surface area contributed by atoms with E-state index in [1.54, 1.807) is 11.3 Å². The molecule has 1 aromatic rings. The first kappa shape index (κ1) is 10.1. The third-order valence-corrected chi connectivity index (χ3v) is 3.35. The maximum Gasteiger partial charge on any atom is 0.107 e. The Labute approximate surface area is 89.1 Å². The van der Waals surface area contributed by atoms with Gasteiger partial charge in [0.2, 0.25) is 0 Å². The molecule has 0 saturated carbocycles. The second-order valence-corrected chi connectivity index (χ2v) is 4.89. The van der Waals surface area contributed by atoms with Gasteiger partial charge in [0.25, 0.3) is 0 Å². The number of likely N-dealkylation sites (N-methyl/N-ethyl adjacent to an activating group) is 1. The molecule has 0 radical (unpaired) electrons. The average Bonchev–Trinajstić information content (AvgIpc) is 2.76. The third-order valence-electron chi connectivity index (χ3n) is 2.58. The summed E-state index contributed by atoms with van der Waals surface area (Å²) in [6.07, 6.45) is 4.53. The maximum absolute atomic E-state index is 4.29. The molecule has 0 aromatic carbocycles. The molecule has 4 heteroatoms. The van der Waals surface area contributed by atoms with Crippen molar-refractivity contribution in [3.63, 3.8) is 0 Å². The lowest BCUT2D eigenvalue weighted by atomic mass is 10.2. The van der Waals surface area contributed by atoms with Crippen molar-refractivity contribution in [1.82, 2.24) is 15.2 Å². The van der Waals surface area contributed by atoms with E-state index in [4.69, 9.17) is 0 Å². The number of nitrogens with zero attached hydrogens (tertiary/aromatic N) is 2. The maximum atomic E-state index is 4.29. The van der Waals surface area contributed by atoms with Crippen LogP contribution >= 0.6 is 11.3 Å². The van der Waals surface area contributed by atoms with E-state index in [2.05, 4.69) is 22.2 Å². The van der Waals surface area contributed by atoms with Crippen molar-refractivity contribution >= 4 is 11.3 Å². The van der Waals surface area contributed by atoms with Gasteiger partial charge in [0.05, 0.1) is 6.54 Å². The van der Waals surface area contributed by atoms with Gasteiger partial charge in [-0.05, 0) is 26.4 Å². The highest BCUT2D eigenvalue weighted by atomic mass is 32.1. The van der Waals surface area contributed by atoms with Gasteiger partial charge in [-0.1, -0.05) is 0 Å². The molecule has 0 aliphatic carbocycles. The Kier molecular flexibility index (Phi) is 3.50. The average molecular weight is 211 g/mol. The number of thiazole rings is 1. The van der Waals surface area contributed by atoms with Crippen LogP contribution in [0.25, 0.3) is 0 Å². The highest BCUT2D eigenvalue weighted by molar-refractivity contribution is 7.09. The minimum Gasteiger partial charge on any atom is -0.313 e. The summed E-state index contributed by atoms with van der Waals surface area (Å²) in [6, 6.07) is 0.694. The Morgan fingerprint density at radius 2 is 2.64 bits per heavy atom. The molecular formula is C10H17N3S. The minimum atomic E-state index is 0.694. The molecule has 1 atom stereocenters. The number of hydrogen-bond acceptors (Lipinski definition) is 4. The first-order valence-corrected chi connectivity index (χ1v) is 6.03. The van der Waals surface area contributed by atoms with Crippen LogP contribution in [0.2, 0.25) is 0 Å². The monoisotopic (exact) mass is 211 g/mol. The predicted molar refractivity (Wildman–Crippen MR) is 59.5 cm³/mol. The second-order valence-electron chi connectivity index (χ2n) is 3.92. The highest BCUT2D eigenvalue weighted by Crippen LogP contribution is 2.10. The summed E-state index contributed by atoms with van der Waals surface area (Å²) in [5.74, 6) is 0. The van der Waals surface area contributed by atoms with Crippen molar-refractivity contribution in [2.75, 3.05) is 20.1 Å². The SMILES string of the molecule is CN(Cc1nccs1)CC1CCCN1. The lowest BCUT2D eigenvalue weighted by Crippen LogP contribution is -2.34. The lowest BCUT2D eigenvalue weighted by Gasteiger charge is -2.19. The van der Waals surface area contributed by atoms with Gasteiger partial charge in [-0.2, -0.15) is 0 Å². The Balaban J connectivity index is 1.75. The summed E-state index contributed by atoms with van der Waals surface area (Å²) >= 11 is 1.74. The normalized spacial score (nSPS) is 22.0. The van der Waals surface area contributed by atoms with Crippen LogP contribution in [0.5, 0.6) is 0 Å². The summed E-state index contributed by atoms with van der Waals surface area (Å²) < 4.78 is 0. The second kappa shape index (κ2) is 4.87. The van der Waals surface area contributed by atoms with Crippen LogP contribution in [0.3, 0.4) is 0 Å². The van der Waals surface area contributed by atoms with Crippen molar-refractivity contribution in [1.29, 1.82) is 0 Å². The third kappa shape index (κ3) is 2.77. The Morgan fingerprint density at radius 3 is 3.29 bits per heavy atom. The molecule has 78 valence electrons. The van der Waals surface area contributed by atoms with Gasteiger partial charge in [-0.15, -0.1) is 11.3 Å². The molecule has 2 heterocycles. The van der Waals surface area contributed by atoms with Crippen molar-refractivity contribution in [3.05, 3.63) is 16.6 Å². The van der Waals surface area contributed by atoms with E-state index >= 15 is 0 Å². The molecule has 1 aromatic heterocycles. The van der Waals surface area contributed by atoms with E-state index in [0.717, 1.165) is 13.1 Å². The van der Waals surface area contributed by atoms with Gasteiger partial charge in [0.15, 0.2) is 0 Å². The zero-order chi connectivity index (χ0) is 9.80. The van der Waals surface area contributed by atoms with Crippen LogP contribution in [0, 0.1) is 0 Å². The molecular weight excluding hydrogens is 194 g/mol. The van der Waals surface area contributed by atoms with E-state index < -0.39 is 0 Å². The summed E-state index contributed by atoms with van der Waals surface area (Å²) in [5, 5.41) is 6.76. The van der Waals surface area contributed by atoms with Crippen molar-refractivity contribution in [3.8, 4) is 0 Å². The lowest BCUT2D eigenvalue weighted by molar-refractivity contribution is 0.293. The standard InChI is InChI=1S/C10H17N3S/c1-13(7-9-3-2-4-11-9)8-10-12-5-6-14-10/h5-6,9,11H,2-4,7-8H2,1H3. The first-order chi connectivity index (χ1) is 6.84. The van der Waals surface area contributed by atoms with Crippen LogP contribution in [-0.4, -0.2) is 36.1 Å². The van der Waals surface area contributed by atoms with Gasteiger partial charge in [0, 0.05) is 24.2 Å². The molecule has 1 fully saturated rings. The summed E-state index contributed by atoms with van der Waals surface area (Å²) in [4.78, 5) is 6.64. The van der Waals surface area contributed by atoms with Crippen LogP contribution in [-0.2, 0) is 6.54 Å². The van der Waals surface area contributed by atoms with E-state index in [1.807, 2.05) is 11.6 Å². The van der Waals surface area contributed by atoms with E-state index in [1.165, 1.54) is 24.4 Å². The fourth-order valence-electron chi connectivity index (χ4n) is 1.92. The molecule has 14 heavy (non-hydrogen) atoms. The topological polar surface area (TPSA) is 28.2 Å². The van der Waals surface area contributed by atoms with Crippen LogP contribution in [0.1, 0.15) is 17.8 Å². The fourth-order valence-corrected chi connectivity index (χ4v) is 2.61. The quantitative estimate of drug-likeness (QED) is 0.814. The zero-order valence-corrected chi connectivity index (χ0v) is 9.39. The molecule has 1 unspecified atom stereocenters. The molecule has 1 N–H and O–H groups in total. The molecule has 0 bridgehead atoms. The molecule has 0 amide bonds. The van der Waals surface area contributed by atoms with Gasteiger partial charge >= 0.3 is 0 Å². The summed E-state index contributed by atoms with van der Waals surface area (Å²) in [5.41, 5.74) is 0. The molecule has 1 aliphatic rings. The minimum absolute atomic E-state index is 0.694. The van der Waals surface area contributed by atoms with E-state index in [9.17, 15) is 0 Å². The fraction of sp³-hybridized carbons (Fsp3) is 0.700. The van der Waals surface area contributed by atoms with Gasteiger partial charge in [0.1, 0.15) is 5.01 Å². The van der Waals surface area contributed by atoms with Crippen LogP contribution < -0.4 is 5.32 Å². The van der Waals surface area contributed by atoms with Gasteiger partial charge in [-0.25, -0.2) is 4.98 Å². The number of hydrogen-bond donors (Lipinski definition) is 1. The number of aromatic nitrogens is 1. The van der Waals surface area contributed by atoms with Crippen LogP contribution in [0.15, 0.2) is 11.6 Å². The van der Waals surface area contributed by atoms with Crippen molar-refractivity contribution in [2.24, 2.45) is 0 Å². The molecule has 1 aliphatic heterocycles. The number of nitrogens with one attached hydrogen (secondary N) is 1. The van der Waals surface area contributed by atoms with Crippen molar-refractivity contribution < 1.29 is 0 Å². The van der Waals surface area contributed by atoms with Crippen LogP contribution in [0.4, 0.5) is 0 Å².